The van der Waals surface area contributed by atoms with Crippen LogP contribution >= 0.6 is 11.8 Å². The summed E-state index contributed by atoms with van der Waals surface area (Å²) in [4.78, 5) is 34.8. The molecule has 3 rings (SSSR count). The van der Waals surface area contributed by atoms with Crippen molar-refractivity contribution in [3.8, 4) is 11.1 Å². The van der Waals surface area contributed by atoms with Gasteiger partial charge in [-0.15, -0.1) is 0 Å². The average molecular weight is 443 g/mol. The van der Waals surface area contributed by atoms with Gasteiger partial charge in [0, 0.05) is 18.2 Å². The molecule has 7 nitrogen and oxygen atoms in total. The van der Waals surface area contributed by atoms with Gasteiger partial charge in [0.25, 0.3) is 0 Å². The van der Waals surface area contributed by atoms with E-state index in [0.717, 1.165) is 11.1 Å². The lowest BCUT2D eigenvalue weighted by atomic mass is 9.98. The zero-order valence-electron chi connectivity index (χ0n) is 17.3. The molecule has 0 saturated heterocycles. The summed E-state index contributed by atoms with van der Waals surface area (Å²) in [5.41, 5.74) is 4.67. The van der Waals surface area contributed by atoms with Gasteiger partial charge in [0.1, 0.15) is 12.6 Å². The first-order chi connectivity index (χ1) is 15.0. The number of fused-ring (bicyclic) bond motifs is 3. The number of rotatable bonds is 10. The molecule has 0 bridgehead atoms. The van der Waals surface area contributed by atoms with Crippen LogP contribution in [0.5, 0.6) is 0 Å². The molecule has 2 amide bonds. The molecule has 31 heavy (non-hydrogen) atoms. The number of carbonyl (C=O) groups is 3. The van der Waals surface area contributed by atoms with E-state index >= 15 is 0 Å². The van der Waals surface area contributed by atoms with Crippen LogP contribution in [-0.4, -0.2) is 53.8 Å². The van der Waals surface area contributed by atoms with Gasteiger partial charge in [0.15, 0.2) is 0 Å². The molecule has 0 unspecified atom stereocenters. The fourth-order valence-corrected chi connectivity index (χ4v) is 4.27. The summed E-state index contributed by atoms with van der Waals surface area (Å²) < 4.78 is 5.46. The van der Waals surface area contributed by atoms with Crippen molar-refractivity contribution in [3.63, 3.8) is 0 Å². The second-order valence-corrected chi connectivity index (χ2v) is 8.28. The minimum atomic E-state index is -1.04. The summed E-state index contributed by atoms with van der Waals surface area (Å²) in [6.07, 6.45) is -0.168. The van der Waals surface area contributed by atoms with E-state index in [0.29, 0.717) is 18.7 Å². The van der Waals surface area contributed by atoms with Gasteiger partial charge < -0.3 is 20.5 Å². The molecule has 1 aliphatic rings. The molecule has 0 aromatic heterocycles. The molecule has 2 aromatic carbocycles. The molecular formula is C23H26N2O5S. The van der Waals surface area contributed by atoms with Crippen LogP contribution in [0.4, 0.5) is 4.79 Å². The third kappa shape index (κ3) is 5.79. The Hall–Kier alpha value is -3.00. The molecule has 2 aromatic rings. The van der Waals surface area contributed by atoms with E-state index in [1.54, 1.807) is 6.92 Å². The molecule has 0 heterocycles. The van der Waals surface area contributed by atoms with Crippen molar-refractivity contribution in [3.05, 3.63) is 59.7 Å². The maximum Gasteiger partial charge on any atom is 0.407 e. The number of amides is 2. The maximum atomic E-state index is 12.1. The van der Waals surface area contributed by atoms with Gasteiger partial charge >= 0.3 is 12.1 Å². The molecule has 8 heteroatoms. The van der Waals surface area contributed by atoms with Crippen LogP contribution in [0.3, 0.4) is 0 Å². The van der Waals surface area contributed by atoms with Crippen LogP contribution in [0.1, 0.15) is 30.4 Å². The SMILES string of the molecule is CC[C@H](NC(=O)CSCCNC(=O)OCC1c2ccccc2-c2ccccc21)C(=O)O. The van der Waals surface area contributed by atoms with Gasteiger partial charge in [0.05, 0.1) is 5.75 Å². The fourth-order valence-electron chi connectivity index (χ4n) is 3.61. The molecule has 0 aliphatic heterocycles. The van der Waals surface area contributed by atoms with Crippen LogP contribution in [0, 0.1) is 0 Å². The predicted molar refractivity (Wildman–Crippen MR) is 120 cm³/mol. The standard InChI is InChI=1S/C23H26N2O5S/c1-2-20(22(27)28)25-21(26)14-31-12-11-24-23(29)30-13-19-17-9-5-3-7-15(17)16-8-4-6-10-18(16)19/h3-10,19-20H,2,11-14H2,1H3,(H,24,29)(H,25,26)(H,27,28)/t20-/m0/s1. The summed E-state index contributed by atoms with van der Waals surface area (Å²) >= 11 is 1.32. The summed E-state index contributed by atoms with van der Waals surface area (Å²) in [6, 6.07) is 15.4. The van der Waals surface area contributed by atoms with Crippen molar-refractivity contribution in [2.75, 3.05) is 24.7 Å². The molecule has 3 N–H and O–H groups in total. The largest absolute Gasteiger partial charge is 0.480 e. The van der Waals surface area contributed by atoms with E-state index in [1.165, 1.54) is 22.9 Å². The fraction of sp³-hybridized carbons (Fsp3) is 0.348. The van der Waals surface area contributed by atoms with E-state index < -0.39 is 18.1 Å². The highest BCUT2D eigenvalue weighted by Crippen LogP contribution is 2.44. The zero-order valence-corrected chi connectivity index (χ0v) is 18.1. The number of ether oxygens (including phenoxy) is 1. The topological polar surface area (TPSA) is 105 Å². The number of benzene rings is 2. The highest BCUT2D eigenvalue weighted by molar-refractivity contribution is 7.99. The smallest absolute Gasteiger partial charge is 0.407 e. The Morgan fingerprint density at radius 1 is 1.06 bits per heavy atom. The lowest BCUT2D eigenvalue weighted by Gasteiger charge is -2.14. The minimum absolute atomic E-state index is 0.0111. The summed E-state index contributed by atoms with van der Waals surface area (Å²) in [5, 5.41) is 14.1. The van der Waals surface area contributed by atoms with Crippen molar-refractivity contribution >= 4 is 29.7 Å². The molecule has 0 spiro atoms. The summed E-state index contributed by atoms with van der Waals surface area (Å²) in [7, 11) is 0. The van der Waals surface area contributed by atoms with Gasteiger partial charge in [-0.05, 0) is 28.7 Å². The van der Waals surface area contributed by atoms with Crippen molar-refractivity contribution in [2.24, 2.45) is 0 Å². The number of alkyl carbamates (subject to hydrolysis) is 1. The lowest BCUT2D eigenvalue weighted by Crippen LogP contribution is -2.41. The Morgan fingerprint density at radius 2 is 1.68 bits per heavy atom. The Bertz CT molecular complexity index is 904. The molecule has 0 radical (unpaired) electrons. The summed E-state index contributed by atoms with van der Waals surface area (Å²) in [5.74, 6) is -0.715. The number of carbonyl (C=O) groups excluding carboxylic acids is 2. The molecule has 1 atom stereocenters. The number of carboxylic acids is 1. The molecule has 0 saturated carbocycles. The number of hydrogen-bond donors (Lipinski definition) is 3. The number of hydrogen-bond acceptors (Lipinski definition) is 5. The first-order valence-electron chi connectivity index (χ1n) is 10.2. The van der Waals surface area contributed by atoms with Crippen molar-refractivity contribution in [1.82, 2.24) is 10.6 Å². The van der Waals surface area contributed by atoms with E-state index in [9.17, 15) is 14.4 Å². The summed E-state index contributed by atoms with van der Waals surface area (Å²) in [6.45, 7) is 2.30. The molecule has 164 valence electrons. The number of carboxylic acid groups (broad SMARTS) is 1. The van der Waals surface area contributed by atoms with Crippen molar-refractivity contribution in [2.45, 2.75) is 25.3 Å². The van der Waals surface area contributed by atoms with Crippen LogP contribution in [0.25, 0.3) is 11.1 Å². The number of nitrogens with one attached hydrogen (secondary N) is 2. The lowest BCUT2D eigenvalue weighted by molar-refractivity contribution is -0.141. The first kappa shape index (κ1) is 22.7. The zero-order chi connectivity index (χ0) is 22.2. The van der Waals surface area contributed by atoms with Crippen LogP contribution in [0.2, 0.25) is 0 Å². The van der Waals surface area contributed by atoms with E-state index in [1.807, 2.05) is 24.3 Å². The molecular weight excluding hydrogens is 416 g/mol. The Balaban J connectivity index is 1.39. The predicted octanol–water partition coefficient (Wildman–Crippen LogP) is 3.24. The number of aliphatic carboxylic acids is 1. The van der Waals surface area contributed by atoms with Crippen LogP contribution < -0.4 is 10.6 Å². The third-order valence-corrected chi connectivity index (χ3v) is 6.09. The van der Waals surface area contributed by atoms with E-state index in [2.05, 4.69) is 34.9 Å². The molecule has 1 aliphatic carbocycles. The number of thioether (sulfide) groups is 1. The highest BCUT2D eigenvalue weighted by atomic mass is 32.2. The highest BCUT2D eigenvalue weighted by Gasteiger charge is 2.28. The Kier molecular flexibility index (Phi) is 7.94. The van der Waals surface area contributed by atoms with E-state index in [-0.39, 0.29) is 24.2 Å². The van der Waals surface area contributed by atoms with Crippen LogP contribution in [0.15, 0.2) is 48.5 Å². The second-order valence-electron chi connectivity index (χ2n) is 7.17. The second kappa shape index (κ2) is 10.9. The van der Waals surface area contributed by atoms with Gasteiger partial charge in [-0.3, -0.25) is 4.79 Å². The van der Waals surface area contributed by atoms with E-state index in [4.69, 9.17) is 9.84 Å². The molecule has 0 fully saturated rings. The van der Waals surface area contributed by atoms with Crippen molar-refractivity contribution in [1.29, 1.82) is 0 Å². The van der Waals surface area contributed by atoms with Gasteiger partial charge in [-0.25, -0.2) is 9.59 Å². The maximum absolute atomic E-state index is 12.1. The monoisotopic (exact) mass is 442 g/mol. The van der Waals surface area contributed by atoms with Crippen LogP contribution in [-0.2, 0) is 14.3 Å². The van der Waals surface area contributed by atoms with Gasteiger partial charge in [-0.1, -0.05) is 55.5 Å². The normalized spacial score (nSPS) is 13.1. The Labute approximate surface area is 185 Å². The quantitative estimate of drug-likeness (QED) is 0.488. The minimum Gasteiger partial charge on any atom is -0.480 e. The third-order valence-electron chi connectivity index (χ3n) is 5.13. The van der Waals surface area contributed by atoms with Gasteiger partial charge in [0.2, 0.25) is 5.91 Å². The average Bonchev–Trinajstić information content (AvgIpc) is 3.09. The first-order valence-corrected chi connectivity index (χ1v) is 11.4. The van der Waals surface area contributed by atoms with Crippen molar-refractivity contribution < 1.29 is 24.2 Å². The Morgan fingerprint density at radius 3 is 2.26 bits per heavy atom. The van der Waals surface area contributed by atoms with Gasteiger partial charge in [-0.2, -0.15) is 11.8 Å².